The number of piperidine rings is 1. The van der Waals surface area contributed by atoms with E-state index in [0.717, 1.165) is 30.7 Å². The van der Waals surface area contributed by atoms with Crippen molar-refractivity contribution < 1.29 is 9.18 Å². The Labute approximate surface area is 153 Å². The number of aromatic nitrogens is 4. The standard InChI is InChI=1S/C17H16ClFN6O/c18-12-6-11(3-4-13(12)19)24-17(26)10-2-1-5-25(7-10)16-14-15(21-8-20-14)22-9-23-16/h3-4,6,8-10H,1-2,5,7H2,(H,24,26)(H,20,21,22,23)/t10-/m0/s1. The fourth-order valence-corrected chi connectivity index (χ4v) is 3.37. The highest BCUT2D eigenvalue weighted by atomic mass is 35.5. The summed E-state index contributed by atoms with van der Waals surface area (Å²) < 4.78 is 13.3. The third-order valence-corrected chi connectivity index (χ3v) is 4.77. The Morgan fingerprint density at radius 1 is 1.35 bits per heavy atom. The van der Waals surface area contributed by atoms with Gasteiger partial charge in [0, 0.05) is 18.8 Å². The van der Waals surface area contributed by atoms with Crippen LogP contribution in [-0.4, -0.2) is 38.9 Å². The van der Waals surface area contributed by atoms with Crippen LogP contribution in [0.25, 0.3) is 11.2 Å². The second-order valence-electron chi connectivity index (χ2n) is 6.20. The second kappa shape index (κ2) is 6.87. The van der Waals surface area contributed by atoms with Crippen LogP contribution in [0.15, 0.2) is 30.9 Å². The van der Waals surface area contributed by atoms with Crippen LogP contribution in [0.2, 0.25) is 5.02 Å². The van der Waals surface area contributed by atoms with Crippen molar-refractivity contribution in [3.05, 3.63) is 41.7 Å². The molecule has 3 aromatic rings. The van der Waals surface area contributed by atoms with Crippen molar-refractivity contribution in [2.75, 3.05) is 23.3 Å². The van der Waals surface area contributed by atoms with E-state index in [-0.39, 0.29) is 16.8 Å². The van der Waals surface area contributed by atoms with Gasteiger partial charge in [0.05, 0.1) is 17.3 Å². The molecule has 9 heteroatoms. The minimum atomic E-state index is -0.513. The number of fused-ring (bicyclic) bond motifs is 1. The summed E-state index contributed by atoms with van der Waals surface area (Å²) in [6.07, 6.45) is 4.69. The molecule has 2 aromatic heterocycles. The molecule has 0 bridgehead atoms. The zero-order valence-electron chi connectivity index (χ0n) is 13.7. The number of hydrogen-bond acceptors (Lipinski definition) is 5. The van der Waals surface area contributed by atoms with E-state index in [0.29, 0.717) is 17.9 Å². The molecular weight excluding hydrogens is 359 g/mol. The zero-order valence-corrected chi connectivity index (χ0v) is 14.5. The Balaban J connectivity index is 1.50. The predicted octanol–water partition coefficient (Wildman–Crippen LogP) is 3.00. The van der Waals surface area contributed by atoms with Gasteiger partial charge in [0.2, 0.25) is 5.91 Å². The number of hydrogen-bond donors (Lipinski definition) is 2. The molecule has 1 aliphatic heterocycles. The van der Waals surface area contributed by atoms with Gasteiger partial charge in [-0.3, -0.25) is 4.79 Å². The number of H-pyrrole nitrogens is 1. The lowest BCUT2D eigenvalue weighted by molar-refractivity contribution is -0.120. The maximum absolute atomic E-state index is 13.3. The lowest BCUT2D eigenvalue weighted by atomic mass is 9.97. The van der Waals surface area contributed by atoms with E-state index in [1.54, 1.807) is 6.33 Å². The second-order valence-corrected chi connectivity index (χ2v) is 6.61. The average Bonchev–Trinajstić information content (AvgIpc) is 3.13. The van der Waals surface area contributed by atoms with E-state index in [2.05, 4.69) is 30.2 Å². The summed E-state index contributed by atoms with van der Waals surface area (Å²) >= 11 is 5.77. The molecule has 0 unspecified atom stereocenters. The molecule has 134 valence electrons. The van der Waals surface area contributed by atoms with Gasteiger partial charge in [-0.05, 0) is 31.0 Å². The summed E-state index contributed by atoms with van der Waals surface area (Å²) in [5.41, 5.74) is 1.85. The maximum Gasteiger partial charge on any atom is 0.229 e. The monoisotopic (exact) mass is 374 g/mol. The van der Waals surface area contributed by atoms with Crippen molar-refractivity contribution in [2.45, 2.75) is 12.8 Å². The molecule has 1 fully saturated rings. The van der Waals surface area contributed by atoms with Gasteiger partial charge in [0.25, 0.3) is 0 Å². The highest BCUT2D eigenvalue weighted by Gasteiger charge is 2.28. The van der Waals surface area contributed by atoms with Gasteiger partial charge < -0.3 is 15.2 Å². The minimum Gasteiger partial charge on any atom is -0.354 e. The van der Waals surface area contributed by atoms with Crippen molar-refractivity contribution >= 4 is 40.2 Å². The Hall–Kier alpha value is -2.74. The Morgan fingerprint density at radius 2 is 2.23 bits per heavy atom. The van der Waals surface area contributed by atoms with Crippen molar-refractivity contribution in [3.63, 3.8) is 0 Å². The van der Waals surface area contributed by atoms with E-state index < -0.39 is 5.82 Å². The van der Waals surface area contributed by atoms with E-state index in [9.17, 15) is 9.18 Å². The third-order valence-electron chi connectivity index (χ3n) is 4.48. The largest absolute Gasteiger partial charge is 0.354 e. The van der Waals surface area contributed by atoms with Crippen LogP contribution >= 0.6 is 11.6 Å². The SMILES string of the molecule is O=C(Nc1ccc(F)c(Cl)c1)[C@H]1CCCN(c2ncnc3nc[nH]c23)C1. The Bertz CT molecular complexity index is 961. The number of benzene rings is 1. The summed E-state index contributed by atoms with van der Waals surface area (Å²) in [5, 5.41) is 2.80. The average molecular weight is 375 g/mol. The lowest BCUT2D eigenvalue weighted by Crippen LogP contribution is -2.41. The molecule has 1 aromatic carbocycles. The minimum absolute atomic E-state index is 0.0179. The van der Waals surface area contributed by atoms with Crippen LogP contribution < -0.4 is 10.2 Å². The molecule has 1 saturated heterocycles. The summed E-state index contributed by atoms with van der Waals surface area (Å²) in [6.45, 7) is 1.34. The normalized spacial score (nSPS) is 17.5. The first-order valence-electron chi connectivity index (χ1n) is 8.27. The number of nitrogens with zero attached hydrogens (tertiary/aromatic N) is 4. The van der Waals surface area contributed by atoms with Crippen molar-refractivity contribution in [3.8, 4) is 0 Å². The van der Waals surface area contributed by atoms with Crippen LogP contribution in [0.4, 0.5) is 15.9 Å². The molecule has 2 N–H and O–H groups in total. The number of carbonyl (C=O) groups excluding carboxylic acids is 1. The van der Waals surface area contributed by atoms with Crippen molar-refractivity contribution in [1.29, 1.82) is 0 Å². The quantitative estimate of drug-likeness (QED) is 0.736. The van der Waals surface area contributed by atoms with Gasteiger partial charge >= 0.3 is 0 Å². The van der Waals surface area contributed by atoms with E-state index in [1.165, 1.54) is 24.5 Å². The highest BCUT2D eigenvalue weighted by molar-refractivity contribution is 6.31. The fourth-order valence-electron chi connectivity index (χ4n) is 3.19. The number of rotatable bonds is 3. The molecule has 7 nitrogen and oxygen atoms in total. The van der Waals surface area contributed by atoms with Crippen LogP contribution in [0.5, 0.6) is 0 Å². The van der Waals surface area contributed by atoms with Crippen molar-refractivity contribution in [1.82, 2.24) is 19.9 Å². The summed E-state index contributed by atoms with van der Waals surface area (Å²) in [4.78, 5) is 30.4. The highest BCUT2D eigenvalue weighted by Crippen LogP contribution is 2.27. The van der Waals surface area contributed by atoms with Crippen LogP contribution in [0.1, 0.15) is 12.8 Å². The molecule has 3 heterocycles. The van der Waals surface area contributed by atoms with Crippen LogP contribution in [0, 0.1) is 11.7 Å². The smallest absolute Gasteiger partial charge is 0.229 e. The number of imidazole rings is 1. The van der Waals surface area contributed by atoms with E-state index in [4.69, 9.17) is 11.6 Å². The van der Waals surface area contributed by atoms with Crippen LogP contribution in [0.3, 0.4) is 0 Å². The number of carbonyl (C=O) groups is 1. The van der Waals surface area contributed by atoms with Gasteiger partial charge in [-0.1, -0.05) is 11.6 Å². The lowest BCUT2D eigenvalue weighted by Gasteiger charge is -2.32. The molecule has 1 aliphatic rings. The molecule has 4 rings (SSSR count). The van der Waals surface area contributed by atoms with Gasteiger partial charge in [0.15, 0.2) is 11.5 Å². The number of amides is 1. The predicted molar refractivity (Wildman–Crippen MR) is 96.7 cm³/mol. The molecule has 0 saturated carbocycles. The maximum atomic E-state index is 13.3. The summed E-state index contributed by atoms with van der Waals surface area (Å²) in [7, 11) is 0. The van der Waals surface area contributed by atoms with Crippen molar-refractivity contribution in [2.24, 2.45) is 5.92 Å². The Kier molecular flexibility index (Phi) is 4.42. The molecule has 0 aliphatic carbocycles. The first-order chi connectivity index (χ1) is 12.6. The van der Waals surface area contributed by atoms with Gasteiger partial charge in [-0.15, -0.1) is 0 Å². The molecule has 1 atom stereocenters. The topological polar surface area (TPSA) is 86.8 Å². The van der Waals surface area contributed by atoms with E-state index >= 15 is 0 Å². The van der Waals surface area contributed by atoms with Gasteiger partial charge in [-0.2, -0.15) is 0 Å². The first-order valence-corrected chi connectivity index (χ1v) is 8.64. The summed E-state index contributed by atoms with van der Waals surface area (Å²) in [6, 6.07) is 4.15. The molecule has 0 radical (unpaired) electrons. The molecule has 26 heavy (non-hydrogen) atoms. The zero-order chi connectivity index (χ0) is 18.1. The van der Waals surface area contributed by atoms with Gasteiger partial charge in [-0.25, -0.2) is 19.3 Å². The molecule has 0 spiro atoms. The fraction of sp³-hybridized carbons (Fsp3) is 0.294. The Morgan fingerprint density at radius 3 is 3.08 bits per heavy atom. The van der Waals surface area contributed by atoms with Crippen LogP contribution in [-0.2, 0) is 4.79 Å². The number of nitrogens with one attached hydrogen (secondary N) is 2. The molecule has 1 amide bonds. The number of halogens is 2. The number of aromatic amines is 1. The molecular formula is C17H16ClFN6O. The number of anilines is 2. The van der Waals surface area contributed by atoms with Gasteiger partial charge in [0.1, 0.15) is 17.7 Å². The summed E-state index contributed by atoms with van der Waals surface area (Å²) in [5.74, 6) is -0.0940. The first kappa shape index (κ1) is 16.7. The third kappa shape index (κ3) is 3.20. The van der Waals surface area contributed by atoms with E-state index in [1.807, 2.05) is 0 Å².